The van der Waals surface area contributed by atoms with Crippen LogP contribution in [-0.4, -0.2) is 35.6 Å². The number of hydrogen-bond donors (Lipinski definition) is 1. The summed E-state index contributed by atoms with van der Waals surface area (Å²) in [5.74, 6) is 5.24. The van der Waals surface area contributed by atoms with Crippen LogP contribution >= 0.6 is 12.4 Å². The Balaban J connectivity index is 0. The lowest BCUT2D eigenvalue weighted by Crippen LogP contribution is -2.29. The third-order valence-electron chi connectivity index (χ3n) is 1.82. The molecule has 98 valence electrons. The molecule has 0 saturated carbocycles. The molecule has 1 N–H and O–H groups in total. The van der Waals surface area contributed by atoms with Crippen LogP contribution in [0.2, 0.25) is 0 Å². The molecule has 0 unspecified atom stereocenters. The maximum atomic E-state index is 10.5. The normalized spacial score (nSPS) is 10.9. The first-order valence-electron chi connectivity index (χ1n) is 5.47. The van der Waals surface area contributed by atoms with Crippen molar-refractivity contribution in [2.45, 2.75) is 27.7 Å². The fraction of sp³-hybridized carbons (Fsp3) is 0.615. The summed E-state index contributed by atoms with van der Waals surface area (Å²) in [6.45, 7) is 9.53. The van der Waals surface area contributed by atoms with Gasteiger partial charge >= 0.3 is 5.97 Å². The van der Waals surface area contributed by atoms with Crippen molar-refractivity contribution in [1.82, 2.24) is 4.90 Å². The van der Waals surface area contributed by atoms with E-state index in [1.165, 1.54) is 0 Å². The molecule has 0 aromatic rings. The van der Waals surface area contributed by atoms with Crippen LogP contribution in [0.15, 0.2) is 12.2 Å². The molecule has 0 radical (unpaired) electrons. The summed E-state index contributed by atoms with van der Waals surface area (Å²) < 4.78 is 0. The highest BCUT2D eigenvalue weighted by Gasteiger charge is 2.04. The van der Waals surface area contributed by atoms with Gasteiger partial charge in [-0.15, -0.1) is 12.4 Å². The summed E-state index contributed by atoms with van der Waals surface area (Å²) in [6, 6.07) is 0. The summed E-state index contributed by atoms with van der Waals surface area (Å²) in [7, 11) is 0. The molecule has 0 rings (SSSR count). The van der Waals surface area contributed by atoms with E-state index >= 15 is 0 Å². The van der Waals surface area contributed by atoms with E-state index in [2.05, 4.69) is 32.6 Å². The van der Waals surface area contributed by atoms with Gasteiger partial charge < -0.3 is 5.11 Å². The van der Waals surface area contributed by atoms with E-state index < -0.39 is 5.97 Å². The Morgan fingerprint density at radius 3 is 2.41 bits per heavy atom. The zero-order chi connectivity index (χ0) is 12.6. The predicted octanol–water partition coefficient (Wildman–Crippen LogP) is 2.42. The molecule has 0 atom stereocenters. The van der Waals surface area contributed by atoms with Gasteiger partial charge in [-0.05, 0) is 33.4 Å². The molecule has 0 aromatic carbocycles. The van der Waals surface area contributed by atoms with Crippen LogP contribution in [0.1, 0.15) is 27.7 Å². The number of carboxylic acids is 1. The molecule has 3 nitrogen and oxygen atoms in total. The minimum Gasteiger partial charge on any atom is -0.480 e. The average Bonchev–Trinajstić information content (AvgIpc) is 2.13. The zero-order valence-corrected chi connectivity index (χ0v) is 11.8. The van der Waals surface area contributed by atoms with Crippen molar-refractivity contribution in [2.75, 3.05) is 19.6 Å². The fourth-order valence-corrected chi connectivity index (χ4v) is 1.02. The third kappa shape index (κ3) is 13.0. The SMILES string of the molecule is CCN(C/C=C/C#CC(C)(C)C)CC(=O)O.Cl. The highest BCUT2D eigenvalue weighted by molar-refractivity contribution is 5.85. The van der Waals surface area contributed by atoms with Gasteiger partial charge in [0.2, 0.25) is 0 Å². The maximum absolute atomic E-state index is 10.5. The lowest BCUT2D eigenvalue weighted by Gasteiger charge is -2.14. The molecule has 4 heteroatoms. The summed E-state index contributed by atoms with van der Waals surface area (Å²) in [4.78, 5) is 12.3. The van der Waals surface area contributed by atoms with E-state index in [9.17, 15) is 4.79 Å². The van der Waals surface area contributed by atoms with Crippen LogP contribution in [0.5, 0.6) is 0 Å². The number of aliphatic carboxylic acids is 1. The molecule has 17 heavy (non-hydrogen) atoms. The Labute approximate surface area is 110 Å². The van der Waals surface area contributed by atoms with E-state index in [4.69, 9.17) is 5.11 Å². The highest BCUT2D eigenvalue weighted by atomic mass is 35.5. The standard InChI is InChI=1S/C13H21NO2.ClH/c1-5-14(11-12(15)16)10-8-6-7-9-13(2,3)4;/h6,8H,5,10-11H2,1-4H3,(H,15,16);1H/b8-6+;. The van der Waals surface area contributed by atoms with Gasteiger partial charge in [0.1, 0.15) is 0 Å². The third-order valence-corrected chi connectivity index (χ3v) is 1.82. The topological polar surface area (TPSA) is 40.5 Å². The molecular formula is C13H22ClNO2. The molecule has 0 bridgehead atoms. The van der Waals surface area contributed by atoms with Crippen LogP contribution in [0.4, 0.5) is 0 Å². The second-order valence-corrected chi connectivity index (χ2v) is 4.64. The van der Waals surface area contributed by atoms with Crippen molar-refractivity contribution in [1.29, 1.82) is 0 Å². The molecule has 0 aliphatic heterocycles. The molecule has 0 aromatic heterocycles. The molecular weight excluding hydrogens is 238 g/mol. The van der Waals surface area contributed by atoms with Crippen LogP contribution in [0.3, 0.4) is 0 Å². The van der Waals surface area contributed by atoms with Gasteiger partial charge in [0.05, 0.1) is 6.54 Å². The number of hydrogen-bond acceptors (Lipinski definition) is 2. The first kappa shape index (κ1) is 18.4. The van der Waals surface area contributed by atoms with Gasteiger partial charge in [-0.1, -0.05) is 24.8 Å². The van der Waals surface area contributed by atoms with Crippen molar-refractivity contribution in [3.05, 3.63) is 12.2 Å². The highest BCUT2D eigenvalue weighted by Crippen LogP contribution is 2.09. The largest absolute Gasteiger partial charge is 0.480 e. The maximum Gasteiger partial charge on any atom is 0.317 e. The Bertz CT molecular complexity index is 308. The number of carbonyl (C=O) groups is 1. The minimum absolute atomic E-state index is 0. The lowest BCUT2D eigenvalue weighted by molar-refractivity contribution is -0.138. The van der Waals surface area contributed by atoms with Crippen LogP contribution in [-0.2, 0) is 4.79 Å². The number of halogens is 1. The Morgan fingerprint density at radius 1 is 1.41 bits per heavy atom. The number of carboxylic acid groups (broad SMARTS) is 1. The van der Waals surface area contributed by atoms with Crippen LogP contribution in [0.25, 0.3) is 0 Å². The van der Waals surface area contributed by atoms with Crippen molar-refractivity contribution in [2.24, 2.45) is 5.41 Å². The zero-order valence-electron chi connectivity index (χ0n) is 11.0. The second kappa shape index (κ2) is 9.09. The Kier molecular flexibility index (Phi) is 9.83. The quantitative estimate of drug-likeness (QED) is 0.771. The molecule has 0 heterocycles. The van der Waals surface area contributed by atoms with Crippen molar-refractivity contribution >= 4 is 18.4 Å². The first-order chi connectivity index (χ1) is 7.35. The van der Waals surface area contributed by atoms with E-state index in [0.29, 0.717) is 6.54 Å². The van der Waals surface area contributed by atoms with Gasteiger partial charge in [-0.3, -0.25) is 9.69 Å². The smallest absolute Gasteiger partial charge is 0.317 e. The van der Waals surface area contributed by atoms with E-state index in [1.807, 2.05) is 17.9 Å². The lowest BCUT2D eigenvalue weighted by atomic mass is 9.98. The molecule has 0 spiro atoms. The summed E-state index contributed by atoms with van der Waals surface area (Å²) in [5.41, 5.74) is 0.00977. The molecule has 0 fully saturated rings. The van der Waals surface area contributed by atoms with E-state index in [0.717, 1.165) is 6.54 Å². The van der Waals surface area contributed by atoms with Gasteiger partial charge in [0.25, 0.3) is 0 Å². The van der Waals surface area contributed by atoms with Crippen LogP contribution < -0.4 is 0 Å². The number of likely N-dealkylation sites (N-methyl/N-ethyl adjacent to an activating group) is 1. The second-order valence-electron chi connectivity index (χ2n) is 4.64. The van der Waals surface area contributed by atoms with Gasteiger partial charge in [0, 0.05) is 12.0 Å². The summed E-state index contributed by atoms with van der Waals surface area (Å²) in [6.07, 6.45) is 3.68. The fourth-order valence-electron chi connectivity index (χ4n) is 1.02. The number of nitrogens with zero attached hydrogens (tertiary/aromatic N) is 1. The van der Waals surface area contributed by atoms with Crippen molar-refractivity contribution in [3.8, 4) is 11.8 Å². The molecule has 0 saturated heterocycles. The molecule has 0 aliphatic rings. The first-order valence-corrected chi connectivity index (χ1v) is 5.47. The minimum atomic E-state index is -0.795. The number of rotatable bonds is 5. The Morgan fingerprint density at radius 2 is 2.00 bits per heavy atom. The summed E-state index contributed by atoms with van der Waals surface area (Å²) >= 11 is 0. The van der Waals surface area contributed by atoms with Crippen molar-refractivity contribution < 1.29 is 9.90 Å². The van der Waals surface area contributed by atoms with E-state index in [-0.39, 0.29) is 24.4 Å². The van der Waals surface area contributed by atoms with Gasteiger partial charge in [0.15, 0.2) is 0 Å². The summed E-state index contributed by atoms with van der Waals surface area (Å²) in [5, 5.41) is 8.63. The van der Waals surface area contributed by atoms with Gasteiger partial charge in [-0.25, -0.2) is 0 Å². The van der Waals surface area contributed by atoms with Crippen LogP contribution in [0, 0.1) is 17.3 Å². The monoisotopic (exact) mass is 259 g/mol. The Hall–Kier alpha value is -0.980. The van der Waals surface area contributed by atoms with Crippen molar-refractivity contribution in [3.63, 3.8) is 0 Å². The van der Waals surface area contributed by atoms with E-state index in [1.54, 1.807) is 6.08 Å². The van der Waals surface area contributed by atoms with Gasteiger partial charge in [-0.2, -0.15) is 0 Å². The number of allylic oxidation sites excluding steroid dienone is 1. The molecule has 0 aliphatic carbocycles. The average molecular weight is 260 g/mol. The predicted molar refractivity (Wildman–Crippen MR) is 73.4 cm³/mol. The molecule has 0 amide bonds.